The molecule has 4 nitrogen and oxygen atoms in total. The van der Waals surface area contributed by atoms with Crippen LogP contribution in [-0.2, 0) is 9.53 Å². The Hall–Kier alpha value is -0.610. The topological polar surface area (TPSA) is 64.4 Å². The van der Waals surface area contributed by atoms with Crippen molar-refractivity contribution < 1.29 is 9.53 Å². The summed E-state index contributed by atoms with van der Waals surface area (Å²) in [6.45, 7) is 3.09. The predicted molar refractivity (Wildman–Crippen MR) is 50.3 cm³/mol. The quantitative estimate of drug-likeness (QED) is 0.653. The first kappa shape index (κ1) is 10.5. The summed E-state index contributed by atoms with van der Waals surface area (Å²) in [6, 6.07) is -0.427. The van der Waals surface area contributed by atoms with Gasteiger partial charge in [-0.25, -0.2) is 0 Å². The lowest BCUT2D eigenvalue weighted by Crippen LogP contribution is -2.42. The van der Waals surface area contributed by atoms with Crippen molar-refractivity contribution in [3.63, 3.8) is 0 Å². The van der Waals surface area contributed by atoms with E-state index in [4.69, 9.17) is 10.5 Å². The third kappa shape index (κ3) is 3.74. The summed E-state index contributed by atoms with van der Waals surface area (Å²) in [6.07, 6.45) is 3.56. The van der Waals surface area contributed by atoms with E-state index < -0.39 is 6.04 Å². The Balaban J connectivity index is 2.13. The van der Waals surface area contributed by atoms with Crippen molar-refractivity contribution in [2.45, 2.75) is 38.3 Å². The van der Waals surface area contributed by atoms with E-state index in [9.17, 15) is 4.79 Å². The Morgan fingerprint density at radius 1 is 1.69 bits per heavy atom. The second-order valence-corrected chi connectivity index (χ2v) is 3.52. The maximum absolute atomic E-state index is 11.1. The van der Waals surface area contributed by atoms with Gasteiger partial charge in [-0.2, -0.15) is 0 Å². The molecule has 1 saturated heterocycles. The van der Waals surface area contributed by atoms with E-state index in [1.807, 2.05) is 0 Å². The minimum Gasteiger partial charge on any atom is -0.376 e. The molecular formula is C9H18N2O2. The van der Waals surface area contributed by atoms with Crippen molar-refractivity contribution in [3.8, 4) is 0 Å². The zero-order valence-electron chi connectivity index (χ0n) is 8.08. The molecule has 1 unspecified atom stereocenters. The zero-order chi connectivity index (χ0) is 9.68. The van der Waals surface area contributed by atoms with Crippen molar-refractivity contribution in [2.75, 3.05) is 13.2 Å². The van der Waals surface area contributed by atoms with Crippen molar-refractivity contribution >= 4 is 5.91 Å². The molecule has 0 bridgehead atoms. The number of rotatable bonds is 3. The molecule has 1 rings (SSSR count). The van der Waals surface area contributed by atoms with Gasteiger partial charge in [-0.1, -0.05) is 0 Å². The van der Waals surface area contributed by atoms with Gasteiger partial charge in [-0.3, -0.25) is 4.79 Å². The Morgan fingerprint density at radius 2 is 2.46 bits per heavy atom. The molecule has 1 fully saturated rings. The van der Waals surface area contributed by atoms with Crippen LogP contribution in [0.25, 0.3) is 0 Å². The summed E-state index contributed by atoms with van der Waals surface area (Å²) in [5, 5.41) is 2.76. The fourth-order valence-electron chi connectivity index (χ4n) is 1.34. The third-order valence-corrected chi connectivity index (χ3v) is 2.19. The Kier molecular flexibility index (Phi) is 4.18. The Morgan fingerprint density at radius 3 is 3.00 bits per heavy atom. The van der Waals surface area contributed by atoms with Crippen LogP contribution in [-0.4, -0.2) is 31.2 Å². The average molecular weight is 186 g/mol. The molecule has 0 aromatic heterocycles. The van der Waals surface area contributed by atoms with Crippen molar-refractivity contribution in [3.05, 3.63) is 0 Å². The second kappa shape index (κ2) is 5.19. The first-order valence-electron chi connectivity index (χ1n) is 4.85. The van der Waals surface area contributed by atoms with E-state index >= 15 is 0 Å². The number of nitrogens with two attached hydrogens (primary N) is 1. The van der Waals surface area contributed by atoms with Crippen molar-refractivity contribution in [1.29, 1.82) is 0 Å². The van der Waals surface area contributed by atoms with Crippen LogP contribution in [0.4, 0.5) is 0 Å². The van der Waals surface area contributed by atoms with Crippen molar-refractivity contribution in [1.82, 2.24) is 5.32 Å². The number of hydrogen-bond donors (Lipinski definition) is 2. The standard InChI is InChI=1S/C9H18N2O2/c1-7(10)9(12)11-6-8-4-2-3-5-13-8/h7-8H,2-6,10H2,1H3,(H,11,12)/t7-,8?/m1/s1. The van der Waals surface area contributed by atoms with E-state index in [1.54, 1.807) is 6.92 Å². The third-order valence-electron chi connectivity index (χ3n) is 2.19. The van der Waals surface area contributed by atoms with Gasteiger partial charge in [-0.05, 0) is 26.2 Å². The molecule has 13 heavy (non-hydrogen) atoms. The zero-order valence-corrected chi connectivity index (χ0v) is 8.08. The Labute approximate surface area is 78.8 Å². The fraction of sp³-hybridized carbons (Fsp3) is 0.889. The fourth-order valence-corrected chi connectivity index (χ4v) is 1.34. The molecule has 0 radical (unpaired) electrons. The van der Waals surface area contributed by atoms with Gasteiger partial charge in [0.15, 0.2) is 0 Å². The molecule has 1 amide bonds. The largest absolute Gasteiger partial charge is 0.376 e. The van der Waals surface area contributed by atoms with E-state index in [2.05, 4.69) is 5.32 Å². The average Bonchev–Trinajstić information content (AvgIpc) is 2.15. The van der Waals surface area contributed by atoms with Gasteiger partial charge in [0.2, 0.25) is 5.91 Å². The number of hydrogen-bond acceptors (Lipinski definition) is 3. The van der Waals surface area contributed by atoms with Gasteiger partial charge in [0.05, 0.1) is 12.1 Å². The van der Waals surface area contributed by atoms with Gasteiger partial charge in [0, 0.05) is 13.2 Å². The molecule has 1 aliphatic heterocycles. The molecule has 1 aliphatic rings. The number of ether oxygens (including phenoxy) is 1. The van der Waals surface area contributed by atoms with Crippen LogP contribution in [0.3, 0.4) is 0 Å². The minimum atomic E-state index is -0.427. The summed E-state index contributed by atoms with van der Waals surface area (Å²) < 4.78 is 5.45. The molecule has 0 aromatic carbocycles. The SMILES string of the molecule is C[C@@H](N)C(=O)NCC1CCCCO1. The lowest BCUT2D eigenvalue weighted by Gasteiger charge is -2.23. The summed E-state index contributed by atoms with van der Waals surface area (Å²) in [5.74, 6) is -0.103. The maximum atomic E-state index is 11.1. The van der Waals surface area contributed by atoms with Crippen LogP contribution in [0.5, 0.6) is 0 Å². The normalized spacial score (nSPS) is 25.2. The van der Waals surface area contributed by atoms with Gasteiger partial charge in [0.25, 0.3) is 0 Å². The molecule has 1 heterocycles. The van der Waals surface area contributed by atoms with Crippen LogP contribution in [0.15, 0.2) is 0 Å². The summed E-state index contributed by atoms with van der Waals surface area (Å²) in [4.78, 5) is 11.1. The van der Waals surface area contributed by atoms with E-state index in [1.165, 1.54) is 6.42 Å². The van der Waals surface area contributed by atoms with Gasteiger partial charge in [0.1, 0.15) is 0 Å². The number of nitrogens with one attached hydrogen (secondary N) is 1. The van der Waals surface area contributed by atoms with Gasteiger partial charge in [-0.15, -0.1) is 0 Å². The number of carbonyl (C=O) groups is 1. The first-order chi connectivity index (χ1) is 6.20. The summed E-state index contributed by atoms with van der Waals surface area (Å²) >= 11 is 0. The molecule has 0 saturated carbocycles. The van der Waals surface area contributed by atoms with E-state index in [0.717, 1.165) is 19.4 Å². The van der Waals surface area contributed by atoms with Crippen LogP contribution < -0.4 is 11.1 Å². The number of amides is 1. The van der Waals surface area contributed by atoms with Gasteiger partial charge >= 0.3 is 0 Å². The number of carbonyl (C=O) groups excluding carboxylic acids is 1. The minimum absolute atomic E-state index is 0.103. The Bertz CT molecular complexity index is 165. The molecule has 0 spiro atoms. The highest BCUT2D eigenvalue weighted by Gasteiger charge is 2.15. The summed E-state index contributed by atoms with van der Waals surface area (Å²) in [7, 11) is 0. The second-order valence-electron chi connectivity index (χ2n) is 3.52. The molecule has 0 aliphatic carbocycles. The van der Waals surface area contributed by atoms with Crippen molar-refractivity contribution in [2.24, 2.45) is 5.73 Å². The molecule has 0 aromatic rings. The van der Waals surface area contributed by atoms with Crippen LogP contribution in [0, 0.1) is 0 Å². The highest BCUT2D eigenvalue weighted by molar-refractivity contribution is 5.80. The highest BCUT2D eigenvalue weighted by atomic mass is 16.5. The molecule has 2 atom stereocenters. The lowest BCUT2D eigenvalue weighted by molar-refractivity contribution is -0.122. The highest BCUT2D eigenvalue weighted by Crippen LogP contribution is 2.11. The lowest BCUT2D eigenvalue weighted by atomic mass is 10.1. The molecule has 4 heteroatoms. The molecule has 76 valence electrons. The smallest absolute Gasteiger partial charge is 0.236 e. The van der Waals surface area contributed by atoms with Crippen LogP contribution in [0.2, 0.25) is 0 Å². The maximum Gasteiger partial charge on any atom is 0.236 e. The van der Waals surface area contributed by atoms with E-state index in [-0.39, 0.29) is 12.0 Å². The van der Waals surface area contributed by atoms with Crippen LogP contribution in [0.1, 0.15) is 26.2 Å². The van der Waals surface area contributed by atoms with E-state index in [0.29, 0.717) is 6.54 Å². The van der Waals surface area contributed by atoms with Gasteiger partial charge < -0.3 is 15.8 Å². The molecular weight excluding hydrogens is 168 g/mol. The van der Waals surface area contributed by atoms with Crippen LogP contribution >= 0.6 is 0 Å². The predicted octanol–water partition coefficient (Wildman–Crippen LogP) is 0.0189. The molecule has 3 N–H and O–H groups in total. The summed E-state index contributed by atoms with van der Waals surface area (Å²) in [5.41, 5.74) is 5.40. The first-order valence-corrected chi connectivity index (χ1v) is 4.85. The monoisotopic (exact) mass is 186 g/mol.